The Labute approximate surface area is 222 Å². The van der Waals surface area contributed by atoms with Gasteiger partial charge in [-0.1, -0.05) is 18.4 Å². The van der Waals surface area contributed by atoms with E-state index in [4.69, 9.17) is 10.5 Å². The summed E-state index contributed by atoms with van der Waals surface area (Å²) in [5.41, 5.74) is 6.31. The van der Waals surface area contributed by atoms with Crippen LogP contribution in [0.2, 0.25) is 0 Å². The standard InChI is InChI=1S/C27H50N7O3/c1-5-27(25(36)32-14-12-31(13-15-32)19(2)35)11-7-9-21(18-27)29-23-17-24(34(3)26(28)33(23)34)30-20-8-6-10-22(16-20)37-4/h20-24,26,29-30H,5-18,28H2,1-4H3/q+1. The second-order valence-corrected chi connectivity index (χ2v) is 12.4. The van der Waals surface area contributed by atoms with Crippen LogP contribution in [0.25, 0.3) is 0 Å². The second-order valence-electron chi connectivity index (χ2n) is 12.4. The van der Waals surface area contributed by atoms with Gasteiger partial charge in [-0.25, -0.2) is 0 Å². The molecule has 5 fully saturated rings. The Bertz CT molecular complexity index is 852. The molecular weight excluding hydrogens is 470 g/mol. The summed E-state index contributed by atoms with van der Waals surface area (Å²) < 4.78 is 6.42. The molecule has 3 saturated heterocycles. The van der Waals surface area contributed by atoms with Crippen LogP contribution in [-0.2, 0) is 14.3 Å². The van der Waals surface area contributed by atoms with Gasteiger partial charge in [-0.2, -0.15) is 4.59 Å². The van der Waals surface area contributed by atoms with E-state index in [-0.39, 0.29) is 23.8 Å². The maximum Gasteiger partial charge on any atom is 0.263 e. The topological polar surface area (TPSA) is 103 Å². The van der Waals surface area contributed by atoms with Gasteiger partial charge in [0, 0.05) is 52.3 Å². The second kappa shape index (κ2) is 10.7. The highest BCUT2D eigenvalue weighted by Gasteiger charge is 2.73. The number of ether oxygens (including phenoxy) is 1. The normalized spacial score (nSPS) is 44.0. The minimum atomic E-state index is -0.305. The Hall–Kier alpha value is -1.30. The molecule has 0 aromatic rings. The summed E-state index contributed by atoms with van der Waals surface area (Å²) in [5, 5.41) is 10.3. The quantitative estimate of drug-likeness (QED) is 0.342. The highest BCUT2D eigenvalue weighted by Crippen LogP contribution is 2.47. The molecule has 5 rings (SSSR count). The van der Waals surface area contributed by atoms with Crippen molar-refractivity contribution < 1.29 is 18.9 Å². The molecule has 9 unspecified atom stereocenters. The van der Waals surface area contributed by atoms with Crippen LogP contribution in [0.4, 0.5) is 0 Å². The van der Waals surface area contributed by atoms with E-state index in [1.165, 1.54) is 12.8 Å². The van der Waals surface area contributed by atoms with E-state index in [0.29, 0.717) is 56.4 Å². The number of carbonyl (C=O) groups excluding carboxylic acids is 2. The molecule has 2 aliphatic carbocycles. The third kappa shape index (κ3) is 5.05. The van der Waals surface area contributed by atoms with Gasteiger partial charge in [-0.15, -0.1) is 0 Å². The number of nitrogens with two attached hydrogens (primary N) is 1. The summed E-state index contributed by atoms with van der Waals surface area (Å²) in [6.07, 6.45) is 11.5. The maximum atomic E-state index is 13.8. The van der Waals surface area contributed by atoms with Crippen molar-refractivity contribution in [1.29, 1.82) is 0 Å². The molecule has 3 aliphatic heterocycles. The Morgan fingerprint density at radius 3 is 2.41 bits per heavy atom. The van der Waals surface area contributed by atoms with Crippen LogP contribution in [0.3, 0.4) is 0 Å². The van der Waals surface area contributed by atoms with Crippen molar-refractivity contribution in [3.05, 3.63) is 0 Å². The van der Waals surface area contributed by atoms with Crippen molar-refractivity contribution in [1.82, 2.24) is 25.4 Å². The fraction of sp³-hybridized carbons (Fsp3) is 0.926. The third-order valence-corrected chi connectivity index (χ3v) is 10.4. The number of hydrogen-bond acceptors (Lipinski definition) is 7. The number of rotatable bonds is 7. The van der Waals surface area contributed by atoms with Crippen LogP contribution in [0.15, 0.2) is 0 Å². The average molecular weight is 521 g/mol. The largest absolute Gasteiger partial charge is 0.381 e. The first kappa shape index (κ1) is 27.3. The average Bonchev–Trinajstić information content (AvgIpc) is 3.35. The molecule has 0 bridgehead atoms. The number of carbonyl (C=O) groups is 2. The number of fused-ring (bicyclic) bond motifs is 1. The van der Waals surface area contributed by atoms with Crippen LogP contribution < -0.4 is 16.4 Å². The van der Waals surface area contributed by atoms with E-state index >= 15 is 0 Å². The Morgan fingerprint density at radius 2 is 1.73 bits per heavy atom. The predicted octanol–water partition coefficient (Wildman–Crippen LogP) is 1.13. The number of piperazine rings is 1. The van der Waals surface area contributed by atoms with Gasteiger partial charge in [0.2, 0.25) is 11.8 Å². The first-order valence-corrected chi connectivity index (χ1v) is 14.7. The van der Waals surface area contributed by atoms with Gasteiger partial charge in [0.15, 0.2) is 6.17 Å². The zero-order chi connectivity index (χ0) is 26.4. The minimum Gasteiger partial charge on any atom is -0.381 e. The highest BCUT2D eigenvalue weighted by atomic mass is 16.5. The van der Waals surface area contributed by atoms with Crippen molar-refractivity contribution >= 4 is 11.8 Å². The molecule has 37 heavy (non-hydrogen) atoms. The molecule has 0 aromatic carbocycles. The first-order valence-electron chi connectivity index (χ1n) is 14.7. The summed E-state index contributed by atoms with van der Waals surface area (Å²) in [6, 6.07) is 0.796. The molecule has 210 valence electrons. The molecule has 9 atom stereocenters. The molecule has 4 N–H and O–H groups in total. The number of nitrogens with zero attached hydrogens (tertiary/aromatic N) is 4. The highest BCUT2D eigenvalue weighted by molar-refractivity contribution is 5.83. The van der Waals surface area contributed by atoms with E-state index in [9.17, 15) is 9.59 Å². The smallest absolute Gasteiger partial charge is 0.263 e. The van der Waals surface area contributed by atoms with Crippen molar-refractivity contribution in [2.24, 2.45) is 11.1 Å². The molecule has 0 spiro atoms. The van der Waals surface area contributed by atoms with E-state index in [2.05, 4.69) is 29.6 Å². The fourth-order valence-electron chi connectivity index (χ4n) is 7.91. The van der Waals surface area contributed by atoms with Crippen LogP contribution in [-0.4, -0.2) is 108 Å². The van der Waals surface area contributed by atoms with Gasteiger partial charge in [-0.3, -0.25) is 26.0 Å². The van der Waals surface area contributed by atoms with E-state index in [1.54, 1.807) is 6.92 Å². The van der Waals surface area contributed by atoms with E-state index in [0.717, 1.165) is 56.0 Å². The van der Waals surface area contributed by atoms with Crippen molar-refractivity contribution in [2.75, 3.05) is 40.3 Å². The minimum absolute atomic E-state index is 0.0179. The SMILES string of the molecule is CCC1(C(=O)N2CCN(C(C)=O)CC2)CCCC(NC2CC(NC3CCCC(OC)C3)[N+]3(C)C(N)N23)C1. The Balaban J connectivity index is 1.20. The molecule has 0 radical (unpaired) electrons. The summed E-state index contributed by atoms with van der Waals surface area (Å²) in [6.45, 7) is 6.38. The lowest BCUT2D eigenvalue weighted by Crippen LogP contribution is -2.56. The van der Waals surface area contributed by atoms with Crippen molar-refractivity contribution in [3.63, 3.8) is 0 Å². The molecule has 0 aromatic heterocycles. The molecule has 5 aliphatic rings. The molecular formula is C27H50N7O3+. The number of hydrogen-bond donors (Lipinski definition) is 3. The Morgan fingerprint density at radius 1 is 1.03 bits per heavy atom. The van der Waals surface area contributed by atoms with Crippen LogP contribution in [0.1, 0.15) is 78.1 Å². The van der Waals surface area contributed by atoms with Crippen LogP contribution >= 0.6 is 0 Å². The molecule has 3 heterocycles. The molecule has 10 heteroatoms. The zero-order valence-electron chi connectivity index (χ0n) is 23.5. The lowest BCUT2D eigenvalue weighted by Gasteiger charge is -2.45. The van der Waals surface area contributed by atoms with Crippen molar-refractivity contribution in [3.8, 4) is 0 Å². The number of amides is 2. The maximum absolute atomic E-state index is 13.8. The summed E-state index contributed by atoms with van der Waals surface area (Å²) >= 11 is 0. The summed E-state index contributed by atoms with van der Waals surface area (Å²) in [4.78, 5) is 29.4. The van der Waals surface area contributed by atoms with E-state index < -0.39 is 0 Å². The first-order chi connectivity index (χ1) is 17.7. The van der Waals surface area contributed by atoms with E-state index in [1.807, 2.05) is 16.9 Å². The van der Waals surface area contributed by atoms with Crippen molar-refractivity contribution in [2.45, 2.75) is 115 Å². The number of nitrogens with one attached hydrogen (secondary N) is 2. The molecule has 2 saturated carbocycles. The monoisotopic (exact) mass is 520 g/mol. The lowest BCUT2D eigenvalue weighted by molar-refractivity contribution is -0.874. The van der Waals surface area contributed by atoms with Gasteiger partial charge in [0.05, 0.1) is 25.0 Å². The lowest BCUT2D eigenvalue weighted by atomic mass is 9.69. The summed E-state index contributed by atoms with van der Waals surface area (Å²) in [5.74, 6) is 0.397. The van der Waals surface area contributed by atoms with Crippen LogP contribution in [0, 0.1) is 5.41 Å². The zero-order valence-corrected chi connectivity index (χ0v) is 23.5. The van der Waals surface area contributed by atoms with Gasteiger partial charge in [0.25, 0.3) is 6.29 Å². The van der Waals surface area contributed by atoms with Gasteiger partial charge >= 0.3 is 0 Å². The number of quaternary nitrogens is 1. The molecule has 10 nitrogen and oxygen atoms in total. The van der Waals surface area contributed by atoms with Gasteiger partial charge < -0.3 is 14.5 Å². The van der Waals surface area contributed by atoms with Gasteiger partial charge in [-0.05, 0) is 51.4 Å². The van der Waals surface area contributed by atoms with Crippen LogP contribution in [0.5, 0.6) is 0 Å². The predicted molar refractivity (Wildman–Crippen MR) is 141 cm³/mol. The third-order valence-electron chi connectivity index (χ3n) is 10.4. The number of methoxy groups -OCH3 is 1. The molecule has 2 amide bonds. The van der Waals surface area contributed by atoms with Gasteiger partial charge in [0.1, 0.15) is 6.17 Å². The fourth-order valence-corrected chi connectivity index (χ4v) is 7.91. The Kier molecular flexibility index (Phi) is 7.88. The summed E-state index contributed by atoms with van der Waals surface area (Å²) in [7, 11) is 4.08.